The van der Waals surface area contributed by atoms with Crippen LogP contribution in [-0.2, 0) is 14.6 Å². The maximum atomic E-state index is 12.3. The molecule has 0 saturated carbocycles. The number of nitrogens with one attached hydrogen (secondary N) is 1. The Hall–Kier alpha value is -1.41. The molecule has 0 radical (unpaired) electrons. The van der Waals surface area contributed by atoms with Gasteiger partial charge in [-0.3, -0.25) is 9.59 Å². The molecule has 1 unspecified atom stereocenters. The van der Waals surface area contributed by atoms with Crippen LogP contribution >= 0.6 is 11.3 Å². The SMILES string of the molecule is CC1C(=O)NCCN1C(=O)c1cc(S(C)(=O)=O)cs1. The van der Waals surface area contributed by atoms with Gasteiger partial charge in [0.25, 0.3) is 5.91 Å². The number of carbonyl (C=O) groups excluding carboxylic acids is 2. The van der Waals surface area contributed by atoms with E-state index in [0.717, 1.165) is 17.6 Å². The van der Waals surface area contributed by atoms with Crippen LogP contribution in [0.2, 0.25) is 0 Å². The number of carbonyl (C=O) groups is 2. The highest BCUT2D eigenvalue weighted by atomic mass is 32.2. The van der Waals surface area contributed by atoms with Gasteiger partial charge in [-0.2, -0.15) is 0 Å². The molecule has 1 atom stereocenters. The van der Waals surface area contributed by atoms with Crippen molar-refractivity contribution < 1.29 is 18.0 Å². The second kappa shape index (κ2) is 4.93. The van der Waals surface area contributed by atoms with E-state index in [2.05, 4.69) is 5.32 Å². The summed E-state index contributed by atoms with van der Waals surface area (Å²) in [6.45, 7) is 2.49. The van der Waals surface area contributed by atoms with Crippen molar-refractivity contribution >= 4 is 33.0 Å². The summed E-state index contributed by atoms with van der Waals surface area (Å²) in [7, 11) is -3.31. The minimum absolute atomic E-state index is 0.134. The van der Waals surface area contributed by atoms with Crippen LogP contribution in [0.25, 0.3) is 0 Å². The molecule has 1 aromatic rings. The van der Waals surface area contributed by atoms with Gasteiger partial charge in [-0.1, -0.05) is 0 Å². The van der Waals surface area contributed by atoms with E-state index in [4.69, 9.17) is 0 Å². The molecule has 1 aliphatic rings. The van der Waals surface area contributed by atoms with Gasteiger partial charge in [-0.15, -0.1) is 11.3 Å². The second-order valence-electron chi connectivity index (χ2n) is 4.38. The molecular formula is C11H14N2O4S2. The van der Waals surface area contributed by atoms with E-state index in [1.807, 2.05) is 0 Å². The van der Waals surface area contributed by atoms with Gasteiger partial charge in [0.15, 0.2) is 9.84 Å². The predicted molar refractivity (Wildman–Crippen MR) is 70.9 cm³/mol. The maximum Gasteiger partial charge on any atom is 0.264 e. The van der Waals surface area contributed by atoms with E-state index < -0.39 is 15.9 Å². The number of nitrogens with zero attached hydrogens (tertiary/aromatic N) is 1. The zero-order valence-corrected chi connectivity index (χ0v) is 12.2. The monoisotopic (exact) mass is 302 g/mol. The lowest BCUT2D eigenvalue weighted by atomic mass is 10.2. The Balaban J connectivity index is 2.25. The second-order valence-corrected chi connectivity index (χ2v) is 7.31. The van der Waals surface area contributed by atoms with Crippen LogP contribution in [0.4, 0.5) is 0 Å². The van der Waals surface area contributed by atoms with Gasteiger partial charge in [-0.25, -0.2) is 8.42 Å². The molecule has 1 fully saturated rings. The van der Waals surface area contributed by atoms with Crippen LogP contribution in [0.15, 0.2) is 16.3 Å². The summed E-state index contributed by atoms with van der Waals surface area (Å²) in [4.78, 5) is 25.7. The first-order valence-corrected chi connectivity index (χ1v) is 8.45. The van der Waals surface area contributed by atoms with Crippen LogP contribution in [0.5, 0.6) is 0 Å². The summed E-state index contributed by atoms with van der Waals surface area (Å²) in [6, 6.07) is 0.826. The third-order valence-electron chi connectivity index (χ3n) is 2.97. The Morgan fingerprint density at radius 3 is 2.79 bits per heavy atom. The van der Waals surface area contributed by atoms with Crippen LogP contribution in [0.1, 0.15) is 16.6 Å². The Morgan fingerprint density at radius 2 is 2.21 bits per heavy atom. The summed E-state index contributed by atoms with van der Waals surface area (Å²) < 4.78 is 22.8. The Labute approximate surface area is 115 Å². The standard InChI is InChI=1S/C11H14N2O4S2/c1-7-10(14)12-3-4-13(7)11(15)9-5-8(6-18-9)19(2,16)17/h5-7H,3-4H2,1-2H3,(H,12,14). The van der Waals surface area contributed by atoms with Crippen molar-refractivity contribution in [2.24, 2.45) is 0 Å². The number of sulfone groups is 1. The quantitative estimate of drug-likeness (QED) is 0.840. The van der Waals surface area contributed by atoms with Crippen molar-refractivity contribution in [3.05, 3.63) is 16.3 Å². The predicted octanol–water partition coefficient (Wildman–Crippen LogP) is 0.112. The molecule has 19 heavy (non-hydrogen) atoms. The molecule has 8 heteroatoms. The molecule has 104 valence electrons. The Kier molecular flexibility index (Phi) is 3.64. The number of hydrogen-bond donors (Lipinski definition) is 1. The number of thiophene rings is 1. The van der Waals surface area contributed by atoms with Crippen LogP contribution in [0.3, 0.4) is 0 Å². The topological polar surface area (TPSA) is 83.6 Å². The first-order chi connectivity index (χ1) is 8.80. The highest BCUT2D eigenvalue weighted by Crippen LogP contribution is 2.22. The molecule has 2 amide bonds. The van der Waals surface area contributed by atoms with E-state index in [1.54, 1.807) is 6.92 Å². The fourth-order valence-electron chi connectivity index (χ4n) is 1.83. The highest BCUT2D eigenvalue weighted by molar-refractivity contribution is 7.90. The number of piperazine rings is 1. The van der Waals surface area contributed by atoms with Crippen molar-refractivity contribution in [1.82, 2.24) is 10.2 Å². The molecule has 2 heterocycles. The molecule has 1 N–H and O–H groups in total. The number of amides is 2. The summed E-state index contributed by atoms with van der Waals surface area (Å²) >= 11 is 1.08. The van der Waals surface area contributed by atoms with E-state index in [1.165, 1.54) is 16.3 Å². The molecule has 0 spiro atoms. The average Bonchev–Trinajstić information content (AvgIpc) is 2.81. The molecule has 1 aliphatic heterocycles. The first kappa shape index (κ1) is 14.0. The lowest BCUT2D eigenvalue weighted by Crippen LogP contribution is -2.55. The van der Waals surface area contributed by atoms with Crippen molar-refractivity contribution in [2.75, 3.05) is 19.3 Å². The lowest BCUT2D eigenvalue weighted by Gasteiger charge is -2.32. The zero-order valence-electron chi connectivity index (χ0n) is 10.5. The van der Waals surface area contributed by atoms with E-state index in [0.29, 0.717) is 18.0 Å². The van der Waals surface area contributed by atoms with Crippen molar-refractivity contribution in [1.29, 1.82) is 0 Å². The molecule has 1 saturated heterocycles. The summed E-state index contributed by atoms with van der Waals surface area (Å²) in [5.41, 5.74) is 0. The highest BCUT2D eigenvalue weighted by Gasteiger charge is 2.30. The van der Waals surface area contributed by atoms with E-state index >= 15 is 0 Å². The largest absolute Gasteiger partial charge is 0.353 e. The molecule has 6 nitrogen and oxygen atoms in total. The Bertz CT molecular complexity index is 620. The van der Waals surface area contributed by atoms with Crippen molar-refractivity contribution in [3.8, 4) is 0 Å². The number of hydrogen-bond acceptors (Lipinski definition) is 5. The third kappa shape index (κ3) is 2.79. The molecule has 0 bridgehead atoms. The van der Waals surface area contributed by atoms with Gasteiger partial charge < -0.3 is 10.2 Å². The fraction of sp³-hybridized carbons (Fsp3) is 0.455. The van der Waals surface area contributed by atoms with Gasteiger partial charge >= 0.3 is 0 Å². The molecule has 0 aliphatic carbocycles. The van der Waals surface area contributed by atoms with Crippen LogP contribution < -0.4 is 5.32 Å². The van der Waals surface area contributed by atoms with Gasteiger partial charge in [0.05, 0.1) is 9.77 Å². The first-order valence-electron chi connectivity index (χ1n) is 5.68. The van der Waals surface area contributed by atoms with Crippen LogP contribution in [0, 0.1) is 0 Å². The van der Waals surface area contributed by atoms with Gasteiger partial charge in [-0.05, 0) is 13.0 Å². The van der Waals surface area contributed by atoms with Gasteiger partial charge in [0.1, 0.15) is 6.04 Å². The summed E-state index contributed by atoms with van der Waals surface area (Å²) in [5.74, 6) is -0.498. The average molecular weight is 302 g/mol. The maximum absolute atomic E-state index is 12.3. The molecule has 0 aromatic carbocycles. The molecule has 2 rings (SSSR count). The fourth-order valence-corrected chi connectivity index (χ4v) is 3.80. The van der Waals surface area contributed by atoms with E-state index in [9.17, 15) is 18.0 Å². The third-order valence-corrected chi connectivity index (χ3v) is 5.13. The smallest absolute Gasteiger partial charge is 0.264 e. The summed E-state index contributed by atoms with van der Waals surface area (Å²) in [6.07, 6.45) is 1.10. The minimum Gasteiger partial charge on any atom is -0.353 e. The van der Waals surface area contributed by atoms with Crippen LogP contribution in [-0.4, -0.2) is 50.5 Å². The summed E-state index contributed by atoms with van der Waals surface area (Å²) in [5, 5.41) is 4.11. The van der Waals surface area contributed by atoms with Gasteiger partial charge in [0.2, 0.25) is 5.91 Å². The lowest BCUT2D eigenvalue weighted by molar-refractivity contribution is -0.127. The van der Waals surface area contributed by atoms with E-state index in [-0.39, 0.29) is 16.7 Å². The Morgan fingerprint density at radius 1 is 1.53 bits per heavy atom. The number of rotatable bonds is 2. The molecular weight excluding hydrogens is 288 g/mol. The minimum atomic E-state index is -3.31. The normalized spacial score (nSPS) is 20.2. The van der Waals surface area contributed by atoms with Crippen molar-refractivity contribution in [3.63, 3.8) is 0 Å². The van der Waals surface area contributed by atoms with Gasteiger partial charge in [0, 0.05) is 24.7 Å². The van der Waals surface area contributed by atoms with Crippen molar-refractivity contribution in [2.45, 2.75) is 17.9 Å². The molecule has 1 aromatic heterocycles. The zero-order chi connectivity index (χ0) is 14.2.